The molecule has 0 aliphatic heterocycles. The van der Waals surface area contributed by atoms with Gasteiger partial charge in [0.2, 0.25) is 0 Å². The van der Waals surface area contributed by atoms with Crippen molar-refractivity contribution in [2.75, 3.05) is 6.61 Å². The Balaban J connectivity index is 2.40. The number of hydrogen-bond acceptors (Lipinski definition) is 4. The summed E-state index contributed by atoms with van der Waals surface area (Å²) in [6.45, 7) is 6.11. The smallest absolute Gasteiger partial charge is 0.266 e. The van der Waals surface area contributed by atoms with Crippen LogP contribution in [0.5, 0.6) is 11.5 Å². The third-order valence-corrected chi connectivity index (χ3v) is 4.14. The molecule has 130 valence electrons. The van der Waals surface area contributed by atoms with E-state index in [1.807, 2.05) is 20.8 Å². The molecule has 1 N–H and O–H groups in total. The maximum Gasteiger partial charge on any atom is 0.266 e. The highest BCUT2D eigenvalue weighted by atomic mass is 35.5. The zero-order valence-electron chi connectivity index (χ0n) is 14.3. The molecule has 0 radical (unpaired) electrons. The van der Waals surface area contributed by atoms with Crippen molar-refractivity contribution in [3.8, 4) is 17.2 Å². The van der Waals surface area contributed by atoms with Gasteiger partial charge in [0.05, 0.1) is 17.7 Å². The molecule has 5 nitrogen and oxygen atoms in total. The summed E-state index contributed by atoms with van der Waals surface area (Å²) >= 11 is 5.96. The molecule has 0 amide bonds. The molecule has 0 unspecified atom stereocenters. The average Bonchev–Trinajstić information content (AvgIpc) is 2.58. The van der Waals surface area contributed by atoms with Gasteiger partial charge in [0.25, 0.3) is 5.56 Å². The SMILES string of the molecule is CCOc1c(O)ccc2c(=O)n(-c3ccc(Cl)cc3)c(C(C)C)nc12. The molecule has 3 rings (SSSR count). The van der Waals surface area contributed by atoms with E-state index in [4.69, 9.17) is 16.3 Å². The number of hydrogen-bond donors (Lipinski definition) is 1. The van der Waals surface area contributed by atoms with Crippen molar-refractivity contribution >= 4 is 22.5 Å². The van der Waals surface area contributed by atoms with Gasteiger partial charge in [-0.15, -0.1) is 0 Å². The first-order valence-corrected chi connectivity index (χ1v) is 8.49. The van der Waals surface area contributed by atoms with Crippen molar-refractivity contribution < 1.29 is 9.84 Å². The van der Waals surface area contributed by atoms with E-state index in [0.717, 1.165) is 0 Å². The van der Waals surface area contributed by atoms with Gasteiger partial charge in [-0.3, -0.25) is 9.36 Å². The minimum absolute atomic E-state index is 0.00963. The second kappa shape index (κ2) is 6.76. The van der Waals surface area contributed by atoms with Gasteiger partial charge in [-0.05, 0) is 43.3 Å². The predicted molar refractivity (Wildman–Crippen MR) is 99.3 cm³/mol. The van der Waals surface area contributed by atoms with Crippen LogP contribution in [0.4, 0.5) is 0 Å². The quantitative estimate of drug-likeness (QED) is 0.756. The van der Waals surface area contributed by atoms with Gasteiger partial charge in [0.15, 0.2) is 11.5 Å². The van der Waals surface area contributed by atoms with Crippen molar-refractivity contribution in [1.82, 2.24) is 9.55 Å². The molecule has 0 saturated heterocycles. The van der Waals surface area contributed by atoms with Gasteiger partial charge in [0, 0.05) is 10.9 Å². The molecule has 1 heterocycles. The monoisotopic (exact) mass is 358 g/mol. The molecule has 2 aromatic carbocycles. The molecular formula is C19H19ClN2O3. The molecule has 0 atom stereocenters. The Morgan fingerprint density at radius 1 is 1.20 bits per heavy atom. The Morgan fingerprint density at radius 2 is 1.88 bits per heavy atom. The summed E-state index contributed by atoms with van der Waals surface area (Å²) in [6.07, 6.45) is 0. The summed E-state index contributed by atoms with van der Waals surface area (Å²) in [4.78, 5) is 17.8. The van der Waals surface area contributed by atoms with Crippen LogP contribution in [0.1, 0.15) is 32.5 Å². The first kappa shape index (κ1) is 17.3. The number of rotatable bonds is 4. The van der Waals surface area contributed by atoms with E-state index in [0.29, 0.717) is 34.0 Å². The van der Waals surface area contributed by atoms with E-state index in [1.54, 1.807) is 34.9 Å². The second-order valence-electron chi connectivity index (χ2n) is 5.98. The zero-order valence-corrected chi connectivity index (χ0v) is 15.0. The van der Waals surface area contributed by atoms with Crippen molar-refractivity contribution in [2.24, 2.45) is 0 Å². The fourth-order valence-electron chi connectivity index (χ4n) is 2.75. The normalized spacial score (nSPS) is 11.2. The number of ether oxygens (including phenoxy) is 1. The first-order chi connectivity index (χ1) is 11.9. The average molecular weight is 359 g/mol. The minimum atomic E-state index is -0.211. The van der Waals surface area contributed by atoms with E-state index in [1.165, 1.54) is 6.07 Å². The molecule has 6 heteroatoms. The van der Waals surface area contributed by atoms with Crippen LogP contribution in [0.2, 0.25) is 5.02 Å². The lowest BCUT2D eigenvalue weighted by atomic mass is 10.1. The Kier molecular flexibility index (Phi) is 4.68. The van der Waals surface area contributed by atoms with Crippen LogP contribution in [-0.2, 0) is 0 Å². The van der Waals surface area contributed by atoms with Gasteiger partial charge in [-0.25, -0.2) is 4.98 Å². The summed E-state index contributed by atoms with van der Waals surface area (Å²) in [6, 6.07) is 10.1. The van der Waals surface area contributed by atoms with Gasteiger partial charge < -0.3 is 9.84 Å². The minimum Gasteiger partial charge on any atom is -0.504 e. The van der Waals surface area contributed by atoms with Crippen LogP contribution in [0.25, 0.3) is 16.6 Å². The molecule has 1 aromatic heterocycles. The predicted octanol–water partition coefficient (Wildman–Crippen LogP) is 4.27. The molecule has 0 aliphatic rings. The van der Waals surface area contributed by atoms with Gasteiger partial charge in [0.1, 0.15) is 11.3 Å². The fraction of sp³-hybridized carbons (Fsp3) is 0.263. The van der Waals surface area contributed by atoms with Gasteiger partial charge in [-0.1, -0.05) is 25.4 Å². The number of aromatic hydroxyl groups is 1. The third kappa shape index (κ3) is 3.07. The molecule has 0 aliphatic carbocycles. The zero-order chi connectivity index (χ0) is 18.1. The topological polar surface area (TPSA) is 64.3 Å². The summed E-state index contributed by atoms with van der Waals surface area (Å²) in [5, 5.41) is 11.1. The first-order valence-electron chi connectivity index (χ1n) is 8.11. The Labute approximate surface area is 150 Å². The summed E-state index contributed by atoms with van der Waals surface area (Å²) in [7, 11) is 0. The highest BCUT2D eigenvalue weighted by molar-refractivity contribution is 6.30. The summed E-state index contributed by atoms with van der Waals surface area (Å²) in [5.74, 6) is 0.790. The lowest BCUT2D eigenvalue weighted by Gasteiger charge is -2.17. The van der Waals surface area contributed by atoms with E-state index >= 15 is 0 Å². The van der Waals surface area contributed by atoms with Crippen molar-refractivity contribution in [3.63, 3.8) is 0 Å². The van der Waals surface area contributed by atoms with Gasteiger partial charge >= 0.3 is 0 Å². The molecule has 3 aromatic rings. The third-order valence-electron chi connectivity index (χ3n) is 3.89. The molecule has 0 fully saturated rings. The number of aromatic nitrogens is 2. The number of fused-ring (bicyclic) bond motifs is 1. The molecule has 0 bridgehead atoms. The summed E-state index contributed by atoms with van der Waals surface area (Å²) < 4.78 is 7.10. The van der Waals surface area contributed by atoms with Crippen LogP contribution in [0.15, 0.2) is 41.2 Å². The van der Waals surface area contributed by atoms with E-state index in [2.05, 4.69) is 4.98 Å². The number of halogens is 1. The van der Waals surface area contributed by atoms with E-state index < -0.39 is 0 Å². The van der Waals surface area contributed by atoms with Gasteiger partial charge in [-0.2, -0.15) is 0 Å². The Bertz CT molecular complexity index is 979. The van der Waals surface area contributed by atoms with Crippen LogP contribution >= 0.6 is 11.6 Å². The molecule has 25 heavy (non-hydrogen) atoms. The number of phenols is 1. The number of benzene rings is 2. The van der Waals surface area contributed by atoms with E-state index in [9.17, 15) is 9.90 Å². The van der Waals surface area contributed by atoms with E-state index in [-0.39, 0.29) is 23.0 Å². The molecule has 0 spiro atoms. The highest BCUT2D eigenvalue weighted by Crippen LogP contribution is 2.33. The van der Waals surface area contributed by atoms with Crippen molar-refractivity contribution in [1.29, 1.82) is 0 Å². The Morgan fingerprint density at radius 3 is 2.48 bits per heavy atom. The maximum atomic E-state index is 13.2. The maximum absolute atomic E-state index is 13.2. The highest BCUT2D eigenvalue weighted by Gasteiger charge is 2.19. The largest absolute Gasteiger partial charge is 0.504 e. The standard InChI is InChI=1S/C19H19ClN2O3/c1-4-25-17-15(23)10-9-14-16(17)21-18(11(2)3)22(19(14)24)13-7-5-12(20)6-8-13/h5-11,23H,4H2,1-3H3. The van der Waals surface area contributed by atoms with Crippen LogP contribution < -0.4 is 10.3 Å². The molecular weight excluding hydrogens is 340 g/mol. The van der Waals surface area contributed by atoms with Crippen LogP contribution in [0, 0.1) is 0 Å². The number of phenolic OH excluding ortho intramolecular Hbond substituents is 1. The summed E-state index contributed by atoms with van der Waals surface area (Å²) in [5.41, 5.74) is 0.858. The Hall–Kier alpha value is -2.53. The lowest BCUT2D eigenvalue weighted by molar-refractivity contribution is 0.321. The van der Waals surface area contributed by atoms with Crippen molar-refractivity contribution in [2.45, 2.75) is 26.7 Å². The van der Waals surface area contributed by atoms with Crippen LogP contribution in [-0.4, -0.2) is 21.3 Å². The van der Waals surface area contributed by atoms with Crippen LogP contribution in [0.3, 0.4) is 0 Å². The fourth-order valence-corrected chi connectivity index (χ4v) is 2.87. The molecule has 0 saturated carbocycles. The number of nitrogens with zero attached hydrogens (tertiary/aromatic N) is 2. The second-order valence-corrected chi connectivity index (χ2v) is 6.42. The lowest BCUT2D eigenvalue weighted by Crippen LogP contribution is -2.24. The van der Waals surface area contributed by atoms with Crippen molar-refractivity contribution in [3.05, 3.63) is 57.6 Å².